The maximum Gasteiger partial charge on any atom is 0.303 e. The number of aliphatic carboxylic acids is 1. The van der Waals surface area contributed by atoms with Gasteiger partial charge in [0.1, 0.15) is 0 Å². The predicted molar refractivity (Wildman–Crippen MR) is 80.1 cm³/mol. The second-order valence-electron chi connectivity index (χ2n) is 6.02. The van der Waals surface area contributed by atoms with Crippen LogP contribution >= 0.6 is 0 Å². The van der Waals surface area contributed by atoms with Crippen molar-refractivity contribution in [2.24, 2.45) is 0 Å². The topological polar surface area (TPSA) is 81.7 Å². The Bertz CT molecular complexity index is 356. The number of hydrogen-bond acceptors (Lipinski definition) is 4. The van der Waals surface area contributed by atoms with Crippen molar-refractivity contribution in [3.8, 4) is 0 Å². The van der Waals surface area contributed by atoms with E-state index in [1.807, 2.05) is 0 Å². The van der Waals surface area contributed by atoms with Gasteiger partial charge in [0.05, 0.1) is 6.04 Å². The number of rotatable bonds is 7. The lowest BCUT2D eigenvalue weighted by Crippen LogP contribution is -2.50. The number of amides is 1. The van der Waals surface area contributed by atoms with Crippen molar-refractivity contribution >= 4 is 11.9 Å². The van der Waals surface area contributed by atoms with Crippen LogP contribution in [0.4, 0.5) is 0 Å². The van der Waals surface area contributed by atoms with Crippen LogP contribution in [-0.4, -0.2) is 60.1 Å². The van der Waals surface area contributed by atoms with Crippen LogP contribution in [-0.2, 0) is 9.59 Å². The van der Waals surface area contributed by atoms with Crippen molar-refractivity contribution in [1.82, 2.24) is 15.5 Å². The summed E-state index contributed by atoms with van der Waals surface area (Å²) in [4.78, 5) is 25.1. The van der Waals surface area contributed by atoms with Crippen LogP contribution in [0.2, 0.25) is 0 Å². The number of nitrogens with one attached hydrogen (secondary N) is 2. The van der Waals surface area contributed by atoms with Gasteiger partial charge in [-0.2, -0.15) is 0 Å². The number of carbonyl (C=O) groups is 2. The Labute approximate surface area is 126 Å². The largest absolute Gasteiger partial charge is 0.481 e. The van der Waals surface area contributed by atoms with Crippen LogP contribution in [0.1, 0.15) is 44.9 Å². The molecule has 2 heterocycles. The maximum absolute atomic E-state index is 12.3. The lowest BCUT2D eigenvalue weighted by molar-refractivity contribution is -0.137. The van der Waals surface area contributed by atoms with E-state index < -0.39 is 5.97 Å². The number of hydrogen-bond donors (Lipinski definition) is 3. The van der Waals surface area contributed by atoms with Gasteiger partial charge in [0.2, 0.25) is 5.91 Å². The molecule has 6 heteroatoms. The van der Waals surface area contributed by atoms with Crippen LogP contribution in [0.5, 0.6) is 0 Å². The van der Waals surface area contributed by atoms with Crippen LogP contribution in [0.3, 0.4) is 0 Å². The Morgan fingerprint density at radius 2 is 1.95 bits per heavy atom. The summed E-state index contributed by atoms with van der Waals surface area (Å²) in [5, 5.41) is 14.9. The highest BCUT2D eigenvalue weighted by Gasteiger charge is 2.35. The number of likely N-dealkylation sites (tertiary alicyclic amines) is 1. The van der Waals surface area contributed by atoms with Gasteiger partial charge in [0.15, 0.2) is 0 Å². The normalized spacial score (nSPS) is 24.1. The number of carbonyl (C=O) groups excluding carboxylic acids is 1. The van der Waals surface area contributed by atoms with Gasteiger partial charge in [-0.3, -0.25) is 14.5 Å². The molecule has 21 heavy (non-hydrogen) atoms. The summed E-state index contributed by atoms with van der Waals surface area (Å²) in [6.45, 7) is 3.71. The van der Waals surface area contributed by atoms with Gasteiger partial charge in [-0.15, -0.1) is 0 Å². The van der Waals surface area contributed by atoms with E-state index in [1.165, 1.54) is 0 Å². The van der Waals surface area contributed by atoms with Crippen LogP contribution < -0.4 is 10.6 Å². The third kappa shape index (κ3) is 4.97. The minimum Gasteiger partial charge on any atom is -0.481 e. The molecule has 0 saturated carbocycles. The fraction of sp³-hybridized carbons (Fsp3) is 0.867. The number of piperidine rings is 1. The van der Waals surface area contributed by atoms with E-state index in [4.69, 9.17) is 5.11 Å². The molecular formula is C15H27N3O3. The van der Waals surface area contributed by atoms with Crippen molar-refractivity contribution in [2.45, 2.75) is 57.0 Å². The first-order chi connectivity index (χ1) is 10.2. The van der Waals surface area contributed by atoms with Gasteiger partial charge < -0.3 is 15.7 Å². The Balaban J connectivity index is 1.71. The number of nitrogens with zero attached hydrogens (tertiary/aromatic N) is 1. The van der Waals surface area contributed by atoms with E-state index in [0.29, 0.717) is 19.0 Å². The lowest BCUT2D eigenvalue weighted by Gasteiger charge is -2.35. The second-order valence-corrected chi connectivity index (χ2v) is 6.02. The Morgan fingerprint density at radius 3 is 2.67 bits per heavy atom. The summed E-state index contributed by atoms with van der Waals surface area (Å²) in [6, 6.07) is 0.559. The minimum atomic E-state index is -0.769. The molecule has 0 aromatic carbocycles. The molecular weight excluding hydrogens is 270 g/mol. The van der Waals surface area contributed by atoms with Crippen molar-refractivity contribution in [3.63, 3.8) is 0 Å². The summed E-state index contributed by atoms with van der Waals surface area (Å²) in [5.41, 5.74) is 0. The highest BCUT2D eigenvalue weighted by atomic mass is 16.4. The molecule has 0 bridgehead atoms. The summed E-state index contributed by atoms with van der Waals surface area (Å²) < 4.78 is 0. The van der Waals surface area contributed by atoms with E-state index in [9.17, 15) is 9.59 Å². The van der Waals surface area contributed by atoms with Gasteiger partial charge in [-0.25, -0.2) is 0 Å². The fourth-order valence-electron chi connectivity index (χ4n) is 3.38. The Kier molecular flexibility index (Phi) is 6.45. The van der Waals surface area contributed by atoms with Gasteiger partial charge in [0, 0.05) is 19.0 Å². The highest BCUT2D eigenvalue weighted by molar-refractivity contribution is 5.82. The van der Waals surface area contributed by atoms with Gasteiger partial charge >= 0.3 is 5.97 Å². The van der Waals surface area contributed by atoms with E-state index in [2.05, 4.69) is 15.5 Å². The Morgan fingerprint density at radius 1 is 1.19 bits per heavy atom. The summed E-state index contributed by atoms with van der Waals surface area (Å²) in [7, 11) is 0. The molecule has 1 unspecified atom stereocenters. The molecule has 6 nitrogen and oxygen atoms in total. The molecule has 120 valence electrons. The van der Waals surface area contributed by atoms with Crippen molar-refractivity contribution < 1.29 is 14.7 Å². The SMILES string of the molecule is O=C(O)CCCCNC(=O)C1CCCN1C1CCNCC1. The van der Waals surface area contributed by atoms with Crippen molar-refractivity contribution in [1.29, 1.82) is 0 Å². The van der Waals surface area contributed by atoms with Gasteiger partial charge in [0.25, 0.3) is 0 Å². The molecule has 2 aliphatic heterocycles. The number of unbranched alkanes of at least 4 members (excludes halogenated alkanes) is 1. The third-order valence-corrected chi connectivity index (χ3v) is 4.49. The van der Waals surface area contributed by atoms with Gasteiger partial charge in [-0.1, -0.05) is 0 Å². The average molecular weight is 297 g/mol. The predicted octanol–water partition coefficient (Wildman–Crippen LogP) is 0.574. The maximum atomic E-state index is 12.3. The van der Waals surface area contributed by atoms with Crippen LogP contribution in [0, 0.1) is 0 Å². The molecule has 0 aromatic rings. The molecule has 1 amide bonds. The molecule has 2 fully saturated rings. The molecule has 0 radical (unpaired) electrons. The first-order valence-electron chi connectivity index (χ1n) is 8.14. The zero-order chi connectivity index (χ0) is 15.1. The summed E-state index contributed by atoms with van der Waals surface area (Å²) >= 11 is 0. The number of carboxylic acids is 1. The van der Waals surface area contributed by atoms with Crippen LogP contribution in [0.15, 0.2) is 0 Å². The zero-order valence-corrected chi connectivity index (χ0v) is 12.6. The highest BCUT2D eigenvalue weighted by Crippen LogP contribution is 2.24. The summed E-state index contributed by atoms with van der Waals surface area (Å²) in [5.74, 6) is -0.643. The lowest BCUT2D eigenvalue weighted by atomic mass is 10.0. The molecule has 0 aromatic heterocycles. The molecule has 2 aliphatic rings. The average Bonchev–Trinajstić information content (AvgIpc) is 2.97. The first-order valence-corrected chi connectivity index (χ1v) is 8.14. The molecule has 0 spiro atoms. The van der Waals surface area contributed by atoms with E-state index in [1.54, 1.807) is 0 Å². The fourth-order valence-corrected chi connectivity index (χ4v) is 3.38. The number of carboxylic acid groups (broad SMARTS) is 1. The molecule has 0 aliphatic carbocycles. The smallest absolute Gasteiger partial charge is 0.303 e. The molecule has 2 saturated heterocycles. The van der Waals surface area contributed by atoms with E-state index >= 15 is 0 Å². The molecule has 3 N–H and O–H groups in total. The standard InChI is InChI=1S/C15H27N3O3/c19-14(20)5-1-2-8-17-15(21)13-4-3-11-18(13)12-6-9-16-10-7-12/h12-13,16H,1-11H2,(H,17,21)(H,19,20). The molecule has 1 atom stereocenters. The monoisotopic (exact) mass is 297 g/mol. The van der Waals surface area contributed by atoms with Crippen LogP contribution in [0.25, 0.3) is 0 Å². The minimum absolute atomic E-state index is 0.0209. The second kappa shape index (κ2) is 8.34. The van der Waals surface area contributed by atoms with E-state index in [-0.39, 0.29) is 18.4 Å². The quantitative estimate of drug-likeness (QED) is 0.599. The summed E-state index contributed by atoms with van der Waals surface area (Å²) in [6.07, 6.45) is 5.84. The molecule has 2 rings (SSSR count). The van der Waals surface area contributed by atoms with Gasteiger partial charge in [-0.05, 0) is 58.2 Å². The zero-order valence-electron chi connectivity index (χ0n) is 12.6. The Hall–Kier alpha value is -1.14. The third-order valence-electron chi connectivity index (χ3n) is 4.49. The van der Waals surface area contributed by atoms with Crippen molar-refractivity contribution in [3.05, 3.63) is 0 Å². The van der Waals surface area contributed by atoms with E-state index in [0.717, 1.165) is 51.7 Å². The van der Waals surface area contributed by atoms with Crippen molar-refractivity contribution in [2.75, 3.05) is 26.2 Å². The first kappa shape index (κ1) is 16.2.